The number of hydrogen-bond acceptors (Lipinski definition) is 0. The summed E-state index contributed by atoms with van der Waals surface area (Å²) in [5.41, 5.74) is 19.3. The molecule has 0 bridgehead atoms. The van der Waals surface area contributed by atoms with Gasteiger partial charge in [-0.3, -0.25) is 0 Å². The zero-order valence-corrected chi connectivity index (χ0v) is 32.7. The van der Waals surface area contributed by atoms with Crippen LogP contribution in [0.2, 0.25) is 0 Å². The standard InChI is InChI=1S/C57H44/c1-56(2)49-25-10-9-22-46(49)55-47(24-15-27-51(55)56)54-44-21-7-6-20-43(44)53(45-31-28-37(34-48(45)54)40-23-14-17-36-16-4-5-18-39(36)40)38-29-30-42-41-19-8-11-26-50(41)57(52(42)35-38)32-12-3-13-33-57/h4-11,14-31,34-35H,3,12-13,32-33H2,1-2H3. The van der Waals surface area contributed by atoms with Crippen LogP contribution < -0.4 is 0 Å². The molecule has 0 nitrogen and oxygen atoms in total. The van der Waals surface area contributed by atoms with Gasteiger partial charge in [0.1, 0.15) is 0 Å². The lowest BCUT2D eigenvalue weighted by Gasteiger charge is -2.36. The van der Waals surface area contributed by atoms with Crippen molar-refractivity contribution in [2.75, 3.05) is 0 Å². The molecular formula is C57H44. The van der Waals surface area contributed by atoms with Crippen molar-refractivity contribution < 1.29 is 0 Å². The summed E-state index contributed by atoms with van der Waals surface area (Å²) in [6, 6.07) is 65.1. The molecule has 12 rings (SSSR count). The molecule has 0 heterocycles. The van der Waals surface area contributed by atoms with Gasteiger partial charge in [-0.15, -0.1) is 0 Å². The largest absolute Gasteiger partial charge is 0.0619 e. The monoisotopic (exact) mass is 728 g/mol. The van der Waals surface area contributed by atoms with E-state index in [-0.39, 0.29) is 10.8 Å². The van der Waals surface area contributed by atoms with Crippen molar-refractivity contribution in [3.05, 3.63) is 192 Å². The summed E-state index contributed by atoms with van der Waals surface area (Å²) >= 11 is 0. The predicted molar refractivity (Wildman–Crippen MR) is 242 cm³/mol. The van der Waals surface area contributed by atoms with Gasteiger partial charge in [-0.2, -0.15) is 0 Å². The minimum Gasteiger partial charge on any atom is -0.0619 e. The highest BCUT2D eigenvalue weighted by atomic mass is 14.5. The van der Waals surface area contributed by atoms with E-state index >= 15 is 0 Å². The second kappa shape index (κ2) is 12.1. The fourth-order valence-electron chi connectivity index (χ4n) is 11.7. The fourth-order valence-corrected chi connectivity index (χ4v) is 11.7. The van der Waals surface area contributed by atoms with Crippen LogP contribution in [-0.4, -0.2) is 0 Å². The van der Waals surface area contributed by atoms with Gasteiger partial charge >= 0.3 is 0 Å². The normalized spacial score (nSPS) is 15.8. The van der Waals surface area contributed by atoms with Gasteiger partial charge < -0.3 is 0 Å². The fraction of sp³-hybridized carbons (Fsp3) is 0.158. The van der Waals surface area contributed by atoms with E-state index in [0.29, 0.717) is 0 Å². The maximum Gasteiger partial charge on any atom is 0.0215 e. The first-order chi connectivity index (χ1) is 28.0. The van der Waals surface area contributed by atoms with Crippen LogP contribution >= 0.6 is 0 Å². The quantitative estimate of drug-likeness (QED) is 0.159. The second-order valence-corrected chi connectivity index (χ2v) is 17.4. The van der Waals surface area contributed by atoms with Gasteiger partial charge in [-0.1, -0.05) is 191 Å². The summed E-state index contributed by atoms with van der Waals surface area (Å²) < 4.78 is 0. The van der Waals surface area contributed by atoms with Crippen LogP contribution in [0.4, 0.5) is 0 Å². The van der Waals surface area contributed by atoms with Crippen LogP contribution in [0.1, 0.15) is 68.2 Å². The van der Waals surface area contributed by atoms with Crippen LogP contribution in [0, 0.1) is 0 Å². The van der Waals surface area contributed by atoms with Gasteiger partial charge in [0.25, 0.3) is 0 Å². The van der Waals surface area contributed by atoms with Gasteiger partial charge in [0.15, 0.2) is 0 Å². The minimum absolute atomic E-state index is 0.0847. The van der Waals surface area contributed by atoms with Gasteiger partial charge in [-0.25, -0.2) is 0 Å². The van der Waals surface area contributed by atoms with Crippen LogP contribution in [-0.2, 0) is 10.8 Å². The van der Waals surface area contributed by atoms with E-state index in [1.54, 1.807) is 5.56 Å². The van der Waals surface area contributed by atoms with Crippen molar-refractivity contribution in [3.63, 3.8) is 0 Å². The lowest BCUT2D eigenvalue weighted by atomic mass is 9.67. The molecule has 3 aliphatic rings. The molecule has 1 saturated carbocycles. The highest BCUT2D eigenvalue weighted by Crippen LogP contribution is 2.58. The van der Waals surface area contributed by atoms with Crippen molar-refractivity contribution in [3.8, 4) is 55.6 Å². The van der Waals surface area contributed by atoms with E-state index in [0.717, 1.165) is 0 Å². The molecule has 272 valence electrons. The predicted octanol–water partition coefficient (Wildman–Crippen LogP) is 15.7. The molecule has 1 spiro atoms. The molecule has 9 aromatic rings. The highest BCUT2D eigenvalue weighted by Gasteiger charge is 2.44. The Labute approximate surface area is 335 Å². The Kier molecular flexibility index (Phi) is 7.01. The van der Waals surface area contributed by atoms with Gasteiger partial charge in [0, 0.05) is 10.8 Å². The molecule has 0 aromatic heterocycles. The van der Waals surface area contributed by atoms with E-state index in [9.17, 15) is 0 Å². The Morgan fingerprint density at radius 3 is 1.75 bits per heavy atom. The van der Waals surface area contributed by atoms with Crippen LogP contribution in [0.25, 0.3) is 88.0 Å². The number of benzene rings is 9. The Morgan fingerprint density at radius 2 is 0.912 bits per heavy atom. The van der Waals surface area contributed by atoms with Crippen molar-refractivity contribution in [1.29, 1.82) is 0 Å². The van der Waals surface area contributed by atoms with E-state index in [2.05, 4.69) is 184 Å². The first kappa shape index (κ1) is 33.0. The molecule has 1 fully saturated rings. The zero-order chi connectivity index (χ0) is 37.9. The smallest absolute Gasteiger partial charge is 0.0215 e. The lowest BCUT2D eigenvalue weighted by molar-refractivity contribution is 0.353. The molecule has 0 atom stereocenters. The molecule has 0 radical (unpaired) electrons. The summed E-state index contributed by atoms with van der Waals surface area (Å²) in [6.07, 6.45) is 6.37. The third kappa shape index (κ3) is 4.56. The second-order valence-electron chi connectivity index (χ2n) is 17.4. The maximum absolute atomic E-state index is 2.61. The molecule has 0 unspecified atom stereocenters. The SMILES string of the molecule is CC1(C)c2ccccc2-c2c(-c3c4ccccc4c(-c4ccc5c(c4)C4(CCCCC4)c4ccccc4-5)c4ccc(-c5cccc6ccccc56)cc34)cccc21. The molecule has 0 N–H and O–H groups in total. The molecule has 3 aliphatic carbocycles. The molecule has 0 saturated heterocycles. The average molecular weight is 729 g/mol. The van der Waals surface area contributed by atoms with Crippen molar-refractivity contribution >= 4 is 32.3 Å². The molecule has 0 amide bonds. The first-order valence-electron chi connectivity index (χ1n) is 21.0. The summed E-state index contributed by atoms with van der Waals surface area (Å²) in [6.45, 7) is 4.79. The molecule has 9 aromatic carbocycles. The lowest BCUT2D eigenvalue weighted by Crippen LogP contribution is -2.28. The third-order valence-corrected chi connectivity index (χ3v) is 14.3. The minimum atomic E-state index is -0.0847. The summed E-state index contributed by atoms with van der Waals surface area (Å²) in [5, 5.41) is 7.79. The Balaban J connectivity index is 1.19. The van der Waals surface area contributed by atoms with E-state index in [1.807, 2.05) is 0 Å². The molecular weight excluding hydrogens is 685 g/mol. The van der Waals surface area contributed by atoms with Gasteiger partial charge in [0.05, 0.1) is 0 Å². The summed E-state index contributed by atoms with van der Waals surface area (Å²) in [4.78, 5) is 0. The Morgan fingerprint density at radius 1 is 0.333 bits per heavy atom. The summed E-state index contributed by atoms with van der Waals surface area (Å²) in [5.74, 6) is 0. The van der Waals surface area contributed by atoms with E-state index in [1.165, 1.54) is 137 Å². The molecule has 0 heteroatoms. The number of hydrogen-bond donors (Lipinski definition) is 0. The Hall–Kier alpha value is -6.24. The van der Waals surface area contributed by atoms with Crippen molar-refractivity contribution in [2.24, 2.45) is 0 Å². The molecule has 57 heavy (non-hydrogen) atoms. The maximum atomic E-state index is 2.61. The van der Waals surface area contributed by atoms with Gasteiger partial charge in [-0.05, 0) is 135 Å². The van der Waals surface area contributed by atoms with Crippen LogP contribution in [0.15, 0.2) is 170 Å². The van der Waals surface area contributed by atoms with E-state index in [4.69, 9.17) is 0 Å². The first-order valence-corrected chi connectivity index (χ1v) is 21.0. The van der Waals surface area contributed by atoms with Crippen molar-refractivity contribution in [2.45, 2.75) is 56.8 Å². The Bertz CT molecular complexity index is 3120. The number of rotatable bonds is 3. The zero-order valence-electron chi connectivity index (χ0n) is 32.7. The van der Waals surface area contributed by atoms with Crippen LogP contribution in [0.3, 0.4) is 0 Å². The number of fused-ring (bicyclic) bond motifs is 11. The van der Waals surface area contributed by atoms with Crippen LogP contribution in [0.5, 0.6) is 0 Å². The van der Waals surface area contributed by atoms with Gasteiger partial charge in [0.2, 0.25) is 0 Å². The van der Waals surface area contributed by atoms with Crippen molar-refractivity contribution in [1.82, 2.24) is 0 Å². The average Bonchev–Trinajstić information content (AvgIpc) is 3.66. The van der Waals surface area contributed by atoms with E-state index < -0.39 is 0 Å². The topological polar surface area (TPSA) is 0 Å². The molecule has 0 aliphatic heterocycles. The third-order valence-electron chi connectivity index (χ3n) is 14.3. The summed E-state index contributed by atoms with van der Waals surface area (Å²) in [7, 11) is 0. The highest BCUT2D eigenvalue weighted by molar-refractivity contribution is 6.23.